The summed E-state index contributed by atoms with van der Waals surface area (Å²) in [6, 6.07) is 15.1. The molecule has 0 heterocycles. The summed E-state index contributed by atoms with van der Waals surface area (Å²) >= 11 is 0. The third-order valence-corrected chi connectivity index (χ3v) is 5.53. The number of fused-ring (bicyclic) bond motifs is 3. The van der Waals surface area contributed by atoms with Gasteiger partial charge in [0.15, 0.2) is 0 Å². The van der Waals surface area contributed by atoms with Crippen molar-refractivity contribution in [1.29, 1.82) is 0 Å². The van der Waals surface area contributed by atoms with Gasteiger partial charge in [-0.1, -0.05) is 67.1 Å². The molecule has 2 unspecified atom stereocenters. The summed E-state index contributed by atoms with van der Waals surface area (Å²) < 4.78 is 0. The fourth-order valence-electron chi connectivity index (χ4n) is 4.10. The van der Waals surface area contributed by atoms with Crippen molar-refractivity contribution in [2.75, 3.05) is 0 Å². The van der Waals surface area contributed by atoms with Gasteiger partial charge in [-0.15, -0.1) is 0 Å². The number of halogens is 2. The van der Waals surface area contributed by atoms with E-state index >= 15 is 0 Å². The van der Waals surface area contributed by atoms with Crippen molar-refractivity contribution in [3.63, 3.8) is 0 Å². The van der Waals surface area contributed by atoms with E-state index in [4.69, 9.17) is 0 Å². The molecule has 4 heteroatoms. The van der Waals surface area contributed by atoms with Crippen LogP contribution in [0.5, 0.6) is 0 Å². The summed E-state index contributed by atoms with van der Waals surface area (Å²) in [4.78, 5) is 0. The maximum Gasteiger partial charge on any atom is 2.00 e. The van der Waals surface area contributed by atoms with Crippen LogP contribution in [0, 0.1) is 5.92 Å². The molecule has 27 heavy (non-hydrogen) atoms. The predicted octanol–water partition coefficient (Wildman–Crippen LogP) is -0.401. The Kier molecular flexibility index (Phi) is 9.72. The number of hydrogen-bond acceptors (Lipinski definition) is 1. The Morgan fingerprint density at radius 1 is 1.00 bits per heavy atom. The first kappa shape index (κ1) is 24.4. The number of hydrogen-bond donors (Lipinski definition) is 1. The smallest absolute Gasteiger partial charge is 1.00 e. The van der Waals surface area contributed by atoms with E-state index in [1.165, 1.54) is 27.8 Å². The van der Waals surface area contributed by atoms with Gasteiger partial charge < -0.3 is 29.9 Å². The summed E-state index contributed by atoms with van der Waals surface area (Å²) in [5.74, 6) is 0.468. The summed E-state index contributed by atoms with van der Waals surface area (Å²) in [7, 11) is 0. The van der Waals surface area contributed by atoms with Gasteiger partial charge in [-0.05, 0) is 65.5 Å². The SMILES string of the molecule is CCC(CC(O)c1ccc2c(c1)-c1ccccc1C2)C1=CC=CC1.[Cl-].[Cl-].[Zr+2]. The molecule has 1 nitrogen and oxygen atoms in total. The van der Waals surface area contributed by atoms with Crippen molar-refractivity contribution in [1.82, 2.24) is 0 Å². The predicted molar refractivity (Wildman–Crippen MR) is 99.9 cm³/mol. The fourth-order valence-corrected chi connectivity index (χ4v) is 4.10. The van der Waals surface area contributed by atoms with Gasteiger partial charge in [0.05, 0.1) is 6.10 Å². The van der Waals surface area contributed by atoms with E-state index in [2.05, 4.69) is 67.6 Å². The van der Waals surface area contributed by atoms with Crippen molar-refractivity contribution < 1.29 is 56.1 Å². The molecule has 140 valence electrons. The molecule has 0 aliphatic heterocycles. The molecule has 0 spiro atoms. The molecule has 0 fully saturated rings. The minimum atomic E-state index is -0.394. The van der Waals surface area contributed by atoms with E-state index in [1.807, 2.05) is 0 Å². The van der Waals surface area contributed by atoms with Crippen molar-refractivity contribution in [3.05, 3.63) is 83.0 Å². The van der Waals surface area contributed by atoms with Crippen LogP contribution in [0.3, 0.4) is 0 Å². The summed E-state index contributed by atoms with van der Waals surface area (Å²) in [6.07, 6.45) is 10.1. The van der Waals surface area contributed by atoms with E-state index in [0.29, 0.717) is 5.92 Å². The van der Waals surface area contributed by atoms with E-state index in [1.54, 1.807) is 0 Å². The minimum Gasteiger partial charge on any atom is -1.00 e. The zero-order chi connectivity index (χ0) is 16.5. The van der Waals surface area contributed by atoms with E-state index in [-0.39, 0.29) is 51.0 Å². The van der Waals surface area contributed by atoms with Crippen molar-refractivity contribution in [2.45, 2.75) is 38.7 Å². The molecule has 0 saturated carbocycles. The van der Waals surface area contributed by atoms with Crippen LogP contribution in [0.1, 0.15) is 49.0 Å². The second-order valence-electron chi connectivity index (χ2n) is 6.98. The maximum atomic E-state index is 10.8. The molecule has 2 aliphatic rings. The molecular weight excluding hydrogens is 454 g/mol. The quantitative estimate of drug-likeness (QED) is 0.529. The molecule has 4 rings (SSSR count). The Labute approximate surface area is 193 Å². The number of aliphatic hydroxyl groups is 1. The van der Waals surface area contributed by atoms with Gasteiger partial charge in [0, 0.05) is 0 Å². The van der Waals surface area contributed by atoms with Crippen LogP contribution in [-0.2, 0) is 32.6 Å². The van der Waals surface area contributed by atoms with Gasteiger partial charge in [-0.3, -0.25) is 0 Å². The van der Waals surface area contributed by atoms with Crippen LogP contribution in [0.2, 0.25) is 0 Å². The standard InChI is InChI=1S/C23H24O.2ClH.Zr/c1-2-16(17-7-3-4-8-17)15-23(24)20-12-11-19-13-18-9-5-6-10-21(18)22(19)14-20;;;/h3-7,9-12,14,16,23-24H,2,8,13,15H2,1H3;2*1H;/q;;;+2/p-2. The molecule has 2 atom stereocenters. The van der Waals surface area contributed by atoms with Crippen molar-refractivity contribution in [3.8, 4) is 11.1 Å². The normalized spacial score (nSPS) is 15.4. The van der Waals surface area contributed by atoms with Crippen LogP contribution in [0.4, 0.5) is 0 Å². The van der Waals surface area contributed by atoms with E-state index in [0.717, 1.165) is 31.2 Å². The third-order valence-electron chi connectivity index (χ3n) is 5.53. The molecule has 0 aromatic heterocycles. The molecular formula is C23H24Cl2OZr. The van der Waals surface area contributed by atoms with E-state index < -0.39 is 6.10 Å². The van der Waals surface area contributed by atoms with Gasteiger partial charge in [-0.2, -0.15) is 0 Å². The van der Waals surface area contributed by atoms with Crippen LogP contribution >= 0.6 is 0 Å². The number of benzene rings is 2. The Morgan fingerprint density at radius 3 is 2.44 bits per heavy atom. The molecule has 2 aromatic rings. The van der Waals surface area contributed by atoms with Gasteiger partial charge >= 0.3 is 26.2 Å². The average molecular weight is 479 g/mol. The summed E-state index contributed by atoms with van der Waals surface area (Å²) in [5.41, 5.74) is 7.92. The second-order valence-corrected chi connectivity index (χ2v) is 6.98. The van der Waals surface area contributed by atoms with Crippen LogP contribution in [-0.4, -0.2) is 5.11 Å². The Bertz CT molecular complexity index is 829. The first-order valence-corrected chi connectivity index (χ1v) is 9.01. The largest absolute Gasteiger partial charge is 2.00 e. The minimum absolute atomic E-state index is 0. The van der Waals surface area contributed by atoms with Crippen LogP contribution in [0.25, 0.3) is 11.1 Å². The summed E-state index contributed by atoms with van der Waals surface area (Å²) in [6.45, 7) is 2.22. The number of rotatable bonds is 5. The van der Waals surface area contributed by atoms with Crippen molar-refractivity contribution >= 4 is 0 Å². The number of allylic oxidation sites excluding steroid dienone is 4. The van der Waals surface area contributed by atoms with Crippen LogP contribution in [0.15, 0.2) is 66.3 Å². The molecule has 2 aromatic carbocycles. The van der Waals surface area contributed by atoms with Crippen molar-refractivity contribution in [2.24, 2.45) is 5.92 Å². The molecule has 1 N–H and O–H groups in total. The van der Waals surface area contributed by atoms with Crippen LogP contribution < -0.4 is 24.8 Å². The Balaban J connectivity index is 0.00000121. The molecule has 0 saturated heterocycles. The Hall–Kier alpha value is -0.657. The molecule has 0 radical (unpaired) electrons. The monoisotopic (exact) mass is 476 g/mol. The average Bonchev–Trinajstić information content (AvgIpc) is 3.26. The number of aliphatic hydroxyl groups excluding tert-OH is 1. The molecule has 0 amide bonds. The van der Waals surface area contributed by atoms with Gasteiger partial charge in [0.2, 0.25) is 0 Å². The zero-order valence-electron chi connectivity index (χ0n) is 15.5. The third kappa shape index (κ3) is 5.04. The van der Waals surface area contributed by atoms with E-state index in [9.17, 15) is 5.11 Å². The molecule has 2 aliphatic carbocycles. The first-order valence-electron chi connectivity index (χ1n) is 9.01. The maximum absolute atomic E-state index is 10.8. The topological polar surface area (TPSA) is 20.2 Å². The summed E-state index contributed by atoms with van der Waals surface area (Å²) in [5, 5.41) is 10.8. The fraction of sp³-hybridized carbons (Fsp3) is 0.304. The first-order chi connectivity index (χ1) is 11.8. The zero-order valence-corrected chi connectivity index (χ0v) is 19.4. The second kappa shape index (κ2) is 10.8. The molecule has 0 bridgehead atoms. The Morgan fingerprint density at radius 2 is 1.74 bits per heavy atom. The van der Waals surface area contributed by atoms with Gasteiger partial charge in [0.25, 0.3) is 0 Å². The van der Waals surface area contributed by atoms with Gasteiger partial charge in [0.1, 0.15) is 0 Å². The van der Waals surface area contributed by atoms with Gasteiger partial charge in [-0.25, -0.2) is 0 Å².